The van der Waals surface area contributed by atoms with E-state index in [1.807, 2.05) is 0 Å². The molecule has 4 aliphatic carbocycles. The lowest BCUT2D eigenvalue weighted by molar-refractivity contribution is -0.118. The fraction of sp³-hybridized carbons (Fsp3) is 0.786. The number of rotatable bonds is 0. The normalized spacial score (nSPS) is 52.1. The Morgan fingerprint density at radius 3 is 2.27 bits per heavy atom. The number of carbonyl (C=O) groups excluding carboxylic acids is 1. The van der Waals surface area contributed by atoms with E-state index in [1.54, 1.807) is 5.57 Å². The molecule has 4 aliphatic rings. The summed E-state index contributed by atoms with van der Waals surface area (Å²) < 4.78 is 0. The van der Waals surface area contributed by atoms with Crippen molar-refractivity contribution in [3.8, 4) is 0 Å². The van der Waals surface area contributed by atoms with Gasteiger partial charge in [0.2, 0.25) is 0 Å². The minimum absolute atomic E-state index is 0.441. The van der Waals surface area contributed by atoms with Crippen molar-refractivity contribution in [1.29, 1.82) is 0 Å². The maximum atomic E-state index is 12.2. The largest absolute Gasteiger partial charge is 0.294 e. The molecule has 0 N–H and O–H groups in total. The van der Waals surface area contributed by atoms with E-state index in [4.69, 9.17) is 0 Å². The highest BCUT2D eigenvalue weighted by Gasteiger charge is 2.47. The van der Waals surface area contributed by atoms with E-state index >= 15 is 0 Å². The first-order chi connectivity index (χ1) is 7.33. The van der Waals surface area contributed by atoms with Crippen LogP contribution in [0.4, 0.5) is 0 Å². The molecule has 4 unspecified atom stereocenters. The summed E-state index contributed by atoms with van der Waals surface area (Å²) in [5, 5.41) is 0. The highest BCUT2D eigenvalue weighted by Crippen LogP contribution is 2.55. The Kier molecular flexibility index (Phi) is 1.57. The number of ketones is 1. The molecular formula is C14H18O. The standard InChI is InChI=1S/C14H18O/c15-14-11-4-3-10(7-11)13(14)12-6-8-1-2-9(12)5-8/h8-11H,1-7H2/b13-12+. The molecule has 0 aromatic carbocycles. The van der Waals surface area contributed by atoms with Gasteiger partial charge in [0.05, 0.1) is 0 Å². The van der Waals surface area contributed by atoms with E-state index in [0.717, 1.165) is 11.8 Å². The number of Topliss-reactive ketones (excluding diaryl/α,β-unsaturated/α-hetero) is 1. The van der Waals surface area contributed by atoms with Gasteiger partial charge in [0.15, 0.2) is 5.78 Å². The highest BCUT2D eigenvalue weighted by atomic mass is 16.1. The number of fused-ring (bicyclic) bond motifs is 4. The third-order valence-corrected chi connectivity index (χ3v) is 5.37. The molecule has 4 rings (SSSR count). The van der Waals surface area contributed by atoms with Crippen molar-refractivity contribution in [2.24, 2.45) is 23.7 Å². The van der Waals surface area contributed by atoms with Crippen LogP contribution in [0.25, 0.3) is 0 Å². The van der Waals surface area contributed by atoms with Gasteiger partial charge in [-0.2, -0.15) is 0 Å². The molecule has 0 heterocycles. The Hall–Kier alpha value is -0.590. The van der Waals surface area contributed by atoms with Gasteiger partial charge in [0.1, 0.15) is 0 Å². The first kappa shape index (κ1) is 8.55. The summed E-state index contributed by atoms with van der Waals surface area (Å²) in [7, 11) is 0. The van der Waals surface area contributed by atoms with Gasteiger partial charge in [0, 0.05) is 5.92 Å². The lowest BCUT2D eigenvalue weighted by Crippen LogP contribution is -2.16. The number of hydrogen-bond donors (Lipinski definition) is 0. The molecule has 0 aromatic rings. The molecule has 0 aliphatic heterocycles. The SMILES string of the molecule is O=C1/C(=C2\CC3CCC2C3)C2CCC1C2. The lowest BCUT2D eigenvalue weighted by Gasteiger charge is -2.21. The summed E-state index contributed by atoms with van der Waals surface area (Å²) >= 11 is 0. The molecule has 0 amide bonds. The molecule has 15 heavy (non-hydrogen) atoms. The van der Waals surface area contributed by atoms with Crippen molar-refractivity contribution < 1.29 is 4.79 Å². The molecule has 80 valence electrons. The fourth-order valence-corrected chi connectivity index (χ4v) is 4.71. The van der Waals surface area contributed by atoms with Crippen molar-refractivity contribution in [2.75, 3.05) is 0 Å². The fourth-order valence-electron chi connectivity index (χ4n) is 4.71. The van der Waals surface area contributed by atoms with Gasteiger partial charge in [-0.25, -0.2) is 0 Å². The number of allylic oxidation sites excluding steroid dienone is 2. The zero-order valence-electron chi connectivity index (χ0n) is 9.17. The van der Waals surface area contributed by atoms with Crippen LogP contribution in [0.5, 0.6) is 0 Å². The van der Waals surface area contributed by atoms with Crippen LogP contribution in [0.15, 0.2) is 11.1 Å². The van der Waals surface area contributed by atoms with Crippen LogP contribution < -0.4 is 0 Å². The quantitative estimate of drug-likeness (QED) is 0.552. The Morgan fingerprint density at radius 2 is 1.67 bits per heavy atom. The van der Waals surface area contributed by atoms with Crippen LogP contribution >= 0.6 is 0 Å². The van der Waals surface area contributed by atoms with Crippen molar-refractivity contribution in [2.45, 2.75) is 44.9 Å². The molecule has 0 spiro atoms. The van der Waals surface area contributed by atoms with E-state index in [2.05, 4.69) is 0 Å². The van der Waals surface area contributed by atoms with Crippen molar-refractivity contribution >= 4 is 5.78 Å². The third kappa shape index (κ3) is 1.02. The van der Waals surface area contributed by atoms with Crippen LogP contribution in [-0.2, 0) is 4.79 Å². The first-order valence-corrected chi connectivity index (χ1v) is 6.60. The minimum atomic E-state index is 0.441. The van der Waals surface area contributed by atoms with Gasteiger partial charge >= 0.3 is 0 Å². The second-order valence-corrected chi connectivity index (χ2v) is 6.09. The molecule has 4 fully saturated rings. The van der Waals surface area contributed by atoms with Gasteiger partial charge in [-0.1, -0.05) is 5.57 Å². The van der Waals surface area contributed by atoms with Crippen LogP contribution in [0.2, 0.25) is 0 Å². The summed E-state index contributed by atoms with van der Waals surface area (Å²) in [5.41, 5.74) is 2.97. The van der Waals surface area contributed by atoms with Crippen LogP contribution in [0.1, 0.15) is 44.9 Å². The molecule has 0 radical (unpaired) electrons. The Labute approximate surface area is 90.9 Å². The van der Waals surface area contributed by atoms with Gasteiger partial charge < -0.3 is 0 Å². The molecule has 4 atom stereocenters. The van der Waals surface area contributed by atoms with Crippen LogP contribution in [0.3, 0.4) is 0 Å². The molecular weight excluding hydrogens is 184 g/mol. The first-order valence-electron chi connectivity index (χ1n) is 6.60. The highest BCUT2D eigenvalue weighted by molar-refractivity contribution is 6.01. The van der Waals surface area contributed by atoms with Gasteiger partial charge in [-0.05, 0) is 68.3 Å². The van der Waals surface area contributed by atoms with Gasteiger partial charge in [0.25, 0.3) is 0 Å². The van der Waals surface area contributed by atoms with E-state index in [0.29, 0.717) is 17.6 Å². The Morgan fingerprint density at radius 1 is 0.867 bits per heavy atom. The minimum Gasteiger partial charge on any atom is -0.294 e. The predicted molar refractivity (Wildman–Crippen MR) is 58.3 cm³/mol. The monoisotopic (exact) mass is 202 g/mol. The topological polar surface area (TPSA) is 17.1 Å². The maximum absolute atomic E-state index is 12.2. The molecule has 0 saturated heterocycles. The number of hydrogen-bond acceptors (Lipinski definition) is 1. The molecule has 4 bridgehead atoms. The summed E-state index contributed by atoms with van der Waals surface area (Å²) in [6.07, 6.45) is 9.21. The maximum Gasteiger partial charge on any atom is 0.162 e. The van der Waals surface area contributed by atoms with E-state index in [1.165, 1.54) is 50.5 Å². The zero-order chi connectivity index (χ0) is 9.99. The molecule has 4 saturated carbocycles. The zero-order valence-corrected chi connectivity index (χ0v) is 9.17. The summed E-state index contributed by atoms with van der Waals surface area (Å²) in [6.45, 7) is 0. The van der Waals surface area contributed by atoms with Gasteiger partial charge in [-0.15, -0.1) is 0 Å². The molecule has 1 nitrogen and oxygen atoms in total. The lowest BCUT2D eigenvalue weighted by atomic mass is 9.83. The van der Waals surface area contributed by atoms with Crippen molar-refractivity contribution in [3.63, 3.8) is 0 Å². The van der Waals surface area contributed by atoms with E-state index < -0.39 is 0 Å². The smallest absolute Gasteiger partial charge is 0.162 e. The average Bonchev–Trinajstić information content (AvgIpc) is 2.96. The van der Waals surface area contributed by atoms with Crippen LogP contribution in [-0.4, -0.2) is 5.78 Å². The van der Waals surface area contributed by atoms with Crippen molar-refractivity contribution in [1.82, 2.24) is 0 Å². The Balaban J connectivity index is 1.77. The second kappa shape index (κ2) is 2.75. The van der Waals surface area contributed by atoms with Crippen molar-refractivity contribution in [3.05, 3.63) is 11.1 Å². The summed E-state index contributed by atoms with van der Waals surface area (Å²) in [4.78, 5) is 12.2. The average molecular weight is 202 g/mol. The Bertz CT molecular complexity index is 366. The van der Waals surface area contributed by atoms with Gasteiger partial charge in [-0.3, -0.25) is 4.79 Å². The third-order valence-electron chi connectivity index (χ3n) is 5.37. The van der Waals surface area contributed by atoms with E-state index in [-0.39, 0.29) is 0 Å². The predicted octanol–water partition coefficient (Wildman–Crippen LogP) is 3.10. The second-order valence-electron chi connectivity index (χ2n) is 6.09. The molecule has 1 heteroatoms. The summed E-state index contributed by atoms with van der Waals surface area (Å²) in [6, 6.07) is 0. The molecule has 0 aromatic heterocycles. The summed E-state index contributed by atoms with van der Waals surface area (Å²) in [5.74, 6) is 3.47. The van der Waals surface area contributed by atoms with E-state index in [9.17, 15) is 4.79 Å². The number of carbonyl (C=O) groups is 1. The van der Waals surface area contributed by atoms with Crippen LogP contribution in [0, 0.1) is 23.7 Å².